The van der Waals surface area contributed by atoms with Crippen LogP contribution >= 0.6 is 0 Å². The number of rotatable bonds is 3. The molecule has 5 nitrogen and oxygen atoms in total. The fourth-order valence-electron chi connectivity index (χ4n) is 2.77. The molecule has 2 amide bonds. The molecule has 1 N–H and O–H groups in total. The number of anilines is 1. The number of amides is 2. The van der Waals surface area contributed by atoms with Gasteiger partial charge in [0.15, 0.2) is 11.6 Å². The van der Waals surface area contributed by atoms with Crippen molar-refractivity contribution in [2.24, 2.45) is 5.41 Å². The highest BCUT2D eigenvalue weighted by Gasteiger charge is 2.32. The Morgan fingerprint density at radius 2 is 1.68 bits per heavy atom. The first-order valence-electron chi connectivity index (χ1n) is 8.39. The van der Waals surface area contributed by atoms with Crippen molar-refractivity contribution >= 4 is 17.5 Å². The molecule has 25 heavy (non-hydrogen) atoms. The minimum Gasteiger partial charge on any atom is -0.340 e. The second-order valence-corrected chi connectivity index (χ2v) is 7.37. The Morgan fingerprint density at radius 3 is 2.20 bits per heavy atom. The zero-order chi connectivity index (χ0) is 18.8. The molecule has 0 radical (unpaired) electrons. The van der Waals surface area contributed by atoms with Crippen LogP contribution in [0.1, 0.15) is 27.7 Å². The maximum atomic E-state index is 13.2. The van der Waals surface area contributed by atoms with E-state index < -0.39 is 23.1 Å². The van der Waals surface area contributed by atoms with Crippen molar-refractivity contribution in [2.45, 2.75) is 33.7 Å². The quantitative estimate of drug-likeness (QED) is 0.908. The van der Waals surface area contributed by atoms with Gasteiger partial charge in [-0.1, -0.05) is 20.8 Å². The predicted molar refractivity (Wildman–Crippen MR) is 92.1 cm³/mol. The summed E-state index contributed by atoms with van der Waals surface area (Å²) in [7, 11) is 0. The lowest BCUT2D eigenvalue weighted by Gasteiger charge is -2.39. The van der Waals surface area contributed by atoms with Gasteiger partial charge in [0, 0.05) is 43.3 Å². The average Bonchev–Trinajstić information content (AvgIpc) is 2.56. The van der Waals surface area contributed by atoms with Crippen LogP contribution < -0.4 is 5.32 Å². The third-order valence-corrected chi connectivity index (χ3v) is 4.36. The summed E-state index contributed by atoms with van der Waals surface area (Å²) in [4.78, 5) is 28.4. The van der Waals surface area contributed by atoms with E-state index in [9.17, 15) is 18.4 Å². The van der Waals surface area contributed by atoms with Gasteiger partial charge >= 0.3 is 0 Å². The Hall–Kier alpha value is -2.02. The molecule has 0 bridgehead atoms. The first-order valence-corrected chi connectivity index (χ1v) is 8.39. The van der Waals surface area contributed by atoms with Crippen molar-refractivity contribution < 1.29 is 18.4 Å². The number of piperazine rings is 1. The summed E-state index contributed by atoms with van der Waals surface area (Å²) in [6.45, 7) is 9.75. The lowest BCUT2D eigenvalue weighted by Crippen LogP contribution is -2.55. The zero-order valence-corrected chi connectivity index (χ0v) is 15.1. The van der Waals surface area contributed by atoms with Crippen molar-refractivity contribution in [2.75, 3.05) is 31.5 Å². The van der Waals surface area contributed by atoms with Crippen LogP contribution in [0.2, 0.25) is 0 Å². The van der Waals surface area contributed by atoms with Gasteiger partial charge in [0.1, 0.15) is 0 Å². The summed E-state index contributed by atoms with van der Waals surface area (Å²) in [5.41, 5.74) is -0.199. The van der Waals surface area contributed by atoms with Crippen LogP contribution in [0.5, 0.6) is 0 Å². The Balaban J connectivity index is 1.91. The van der Waals surface area contributed by atoms with E-state index in [4.69, 9.17) is 0 Å². The molecule has 1 fully saturated rings. The minimum atomic E-state index is -1.00. The number of nitrogens with zero attached hydrogens (tertiary/aromatic N) is 2. The summed E-state index contributed by atoms with van der Waals surface area (Å²) in [5.74, 6) is -2.14. The number of carbonyl (C=O) groups excluding carboxylic acids is 2. The number of hydrogen-bond donors (Lipinski definition) is 1. The molecular weight excluding hydrogens is 328 g/mol. The zero-order valence-electron chi connectivity index (χ0n) is 15.1. The van der Waals surface area contributed by atoms with E-state index in [-0.39, 0.29) is 17.5 Å². The Labute approximate surface area is 147 Å². The van der Waals surface area contributed by atoms with Gasteiger partial charge in [0.2, 0.25) is 11.8 Å². The van der Waals surface area contributed by atoms with E-state index in [0.29, 0.717) is 26.2 Å². The standard InChI is InChI=1S/C18H25F2N3O2/c1-12(16(24)21-13-5-6-14(19)15(20)11-13)22-7-9-23(10-8-22)17(25)18(2,3)4/h5-6,11-12H,7-10H2,1-4H3,(H,21,24). The second kappa shape index (κ2) is 7.47. The molecule has 2 rings (SSSR count). The molecule has 0 spiro atoms. The van der Waals surface area contributed by atoms with Crippen molar-refractivity contribution in [3.8, 4) is 0 Å². The molecule has 1 unspecified atom stereocenters. The summed E-state index contributed by atoms with van der Waals surface area (Å²) < 4.78 is 26.2. The van der Waals surface area contributed by atoms with Gasteiger partial charge in [-0.15, -0.1) is 0 Å². The van der Waals surface area contributed by atoms with E-state index in [1.165, 1.54) is 6.07 Å². The normalized spacial score (nSPS) is 17.3. The summed E-state index contributed by atoms with van der Waals surface area (Å²) in [6.07, 6.45) is 0. The highest BCUT2D eigenvalue weighted by Crippen LogP contribution is 2.19. The number of benzene rings is 1. The molecule has 1 saturated heterocycles. The van der Waals surface area contributed by atoms with Gasteiger partial charge < -0.3 is 10.2 Å². The molecular formula is C18H25F2N3O2. The van der Waals surface area contributed by atoms with Crippen molar-refractivity contribution in [3.05, 3.63) is 29.8 Å². The van der Waals surface area contributed by atoms with E-state index in [1.807, 2.05) is 30.6 Å². The SMILES string of the molecule is CC(C(=O)Nc1ccc(F)c(F)c1)N1CCN(C(=O)C(C)(C)C)CC1. The smallest absolute Gasteiger partial charge is 0.241 e. The van der Waals surface area contributed by atoms with Crippen molar-refractivity contribution in [1.82, 2.24) is 9.80 Å². The van der Waals surface area contributed by atoms with Gasteiger partial charge in [-0.2, -0.15) is 0 Å². The average molecular weight is 353 g/mol. The molecule has 1 aromatic carbocycles. The van der Waals surface area contributed by atoms with Gasteiger partial charge in [0.05, 0.1) is 6.04 Å². The number of hydrogen-bond acceptors (Lipinski definition) is 3. The highest BCUT2D eigenvalue weighted by molar-refractivity contribution is 5.94. The maximum absolute atomic E-state index is 13.2. The van der Waals surface area contributed by atoms with Crippen molar-refractivity contribution in [1.29, 1.82) is 0 Å². The largest absolute Gasteiger partial charge is 0.340 e. The van der Waals surface area contributed by atoms with Gasteiger partial charge in [-0.25, -0.2) is 8.78 Å². The van der Waals surface area contributed by atoms with Crippen LogP contribution in [0.25, 0.3) is 0 Å². The molecule has 1 atom stereocenters. The van der Waals surface area contributed by atoms with Crippen LogP contribution in [0.15, 0.2) is 18.2 Å². The summed E-state index contributed by atoms with van der Waals surface area (Å²) in [5, 5.41) is 2.60. The van der Waals surface area contributed by atoms with Gasteiger partial charge in [-0.05, 0) is 19.1 Å². The number of nitrogens with one attached hydrogen (secondary N) is 1. The van der Waals surface area contributed by atoms with Gasteiger partial charge in [-0.3, -0.25) is 14.5 Å². The van der Waals surface area contributed by atoms with Crippen LogP contribution in [-0.2, 0) is 9.59 Å². The fourth-order valence-corrected chi connectivity index (χ4v) is 2.77. The summed E-state index contributed by atoms with van der Waals surface area (Å²) >= 11 is 0. The van der Waals surface area contributed by atoms with E-state index in [1.54, 1.807) is 6.92 Å². The van der Waals surface area contributed by atoms with Crippen LogP contribution in [0.4, 0.5) is 14.5 Å². The Bertz CT molecular complexity index is 650. The molecule has 1 aliphatic heterocycles. The van der Waals surface area contributed by atoms with Crippen LogP contribution in [0.3, 0.4) is 0 Å². The first-order chi connectivity index (χ1) is 11.6. The Kier molecular flexibility index (Phi) is 5.77. The molecule has 1 aromatic rings. The van der Waals surface area contributed by atoms with E-state index in [0.717, 1.165) is 12.1 Å². The third kappa shape index (κ3) is 4.75. The monoisotopic (exact) mass is 353 g/mol. The minimum absolute atomic E-state index is 0.103. The molecule has 0 saturated carbocycles. The topological polar surface area (TPSA) is 52.7 Å². The highest BCUT2D eigenvalue weighted by atomic mass is 19.2. The maximum Gasteiger partial charge on any atom is 0.241 e. The second-order valence-electron chi connectivity index (χ2n) is 7.37. The van der Waals surface area contributed by atoms with E-state index >= 15 is 0 Å². The molecule has 0 aliphatic carbocycles. The number of carbonyl (C=O) groups is 2. The van der Waals surface area contributed by atoms with Crippen molar-refractivity contribution in [3.63, 3.8) is 0 Å². The van der Waals surface area contributed by atoms with Crippen LogP contribution in [0, 0.1) is 17.0 Å². The lowest BCUT2D eigenvalue weighted by atomic mass is 9.94. The predicted octanol–water partition coefficient (Wildman–Crippen LogP) is 2.48. The number of halogens is 2. The fraction of sp³-hybridized carbons (Fsp3) is 0.556. The van der Waals surface area contributed by atoms with Gasteiger partial charge in [0.25, 0.3) is 0 Å². The Morgan fingerprint density at radius 1 is 1.08 bits per heavy atom. The molecule has 7 heteroatoms. The molecule has 1 heterocycles. The third-order valence-electron chi connectivity index (χ3n) is 4.36. The molecule has 138 valence electrons. The van der Waals surface area contributed by atoms with E-state index in [2.05, 4.69) is 5.32 Å². The van der Waals surface area contributed by atoms with Crippen LogP contribution in [-0.4, -0.2) is 53.8 Å². The summed E-state index contributed by atoms with van der Waals surface area (Å²) in [6, 6.07) is 2.83. The lowest BCUT2D eigenvalue weighted by molar-refractivity contribution is -0.141. The first kappa shape index (κ1) is 19.3. The molecule has 0 aromatic heterocycles. The molecule has 1 aliphatic rings.